The van der Waals surface area contributed by atoms with Crippen molar-refractivity contribution in [2.45, 2.75) is 31.6 Å². The van der Waals surface area contributed by atoms with Gasteiger partial charge in [-0.05, 0) is 59.5 Å². The van der Waals surface area contributed by atoms with Gasteiger partial charge < -0.3 is 17.2 Å². The molecule has 3 nitrogen and oxygen atoms in total. The van der Waals surface area contributed by atoms with Crippen molar-refractivity contribution in [2.24, 2.45) is 0 Å². The molecule has 3 heteroatoms. The predicted molar refractivity (Wildman–Crippen MR) is 112 cm³/mol. The van der Waals surface area contributed by atoms with E-state index in [1.165, 1.54) is 16.7 Å². The zero-order valence-corrected chi connectivity index (χ0v) is 15.3. The van der Waals surface area contributed by atoms with Crippen LogP contribution >= 0.6 is 0 Å². The normalized spacial score (nSPS) is 11.4. The Morgan fingerprint density at radius 2 is 0.885 bits per heavy atom. The van der Waals surface area contributed by atoms with Crippen LogP contribution in [0.15, 0.2) is 72.8 Å². The van der Waals surface area contributed by atoms with E-state index in [0.717, 1.165) is 36.3 Å². The molecule has 3 rings (SSSR count). The highest BCUT2D eigenvalue weighted by atomic mass is 14.6. The summed E-state index contributed by atoms with van der Waals surface area (Å²) < 4.78 is 0. The van der Waals surface area contributed by atoms with Crippen LogP contribution in [0.5, 0.6) is 0 Å². The largest absolute Gasteiger partial charge is 0.399 e. The van der Waals surface area contributed by atoms with Crippen LogP contribution < -0.4 is 17.2 Å². The lowest BCUT2D eigenvalue weighted by Crippen LogP contribution is -2.29. The van der Waals surface area contributed by atoms with Gasteiger partial charge in [0.1, 0.15) is 0 Å². The van der Waals surface area contributed by atoms with Gasteiger partial charge in [-0.25, -0.2) is 0 Å². The zero-order valence-electron chi connectivity index (χ0n) is 15.3. The summed E-state index contributed by atoms with van der Waals surface area (Å²) in [6, 6.07) is 24.7. The topological polar surface area (TPSA) is 78.1 Å². The van der Waals surface area contributed by atoms with Gasteiger partial charge in [-0.15, -0.1) is 0 Å². The SMILES string of the molecule is CCCCC(c1ccc(N)cc1)(c1ccc(N)cc1)c1ccc(N)cc1. The van der Waals surface area contributed by atoms with Crippen LogP contribution in [0.4, 0.5) is 17.1 Å². The molecule has 0 amide bonds. The van der Waals surface area contributed by atoms with Gasteiger partial charge in [0.05, 0.1) is 0 Å². The van der Waals surface area contributed by atoms with Crippen molar-refractivity contribution >= 4 is 17.1 Å². The first kappa shape index (κ1) is 17.9. The van der Waals surface area contributed by atoms with E-state index in [-0.39, 0.29) is 5.41 Å². The molecule has 6 N–H and O–H groups in total. The van der Waals surface area contributed by atoms with Gasteiger partial charge in [0, 0.05) is 22.5 Å². The molecule has 0 bridgehead atoms. The molecular formula is C23H27N3. The Hall–Kier alpha value is -2.94. The first-order valence-electron chi connectivity index (χ1n) is 9.14. The Morgan fingerprint density at radius 1 is 0.577 bits per heavy atom. The fourth-order valence-corrected chi connectivity index (χ4v) is 3.68. The molecule has 0 radical (unpaired) electrons. The maximum Gasteiger partial charge on any atom is 0.0451 e. The van der Waals surface area contributed by atoms with Crippen LogP contribution in [-0.2, 0) is 5.41 Å². The highest BCUT2D eigenvalue weighted by molar-refractivity contribution is 5.56. The third-order valence-electron chi connectivity index (χ3n) is 5.12. The third-order valence-corrected chi connectivity index (χ3v) is 5.12. The molecule has 0 aliphatic carbocycles. The number of hydrogen-bond donors (Lipinski definition) is 3. The average Bonchev–Trinajstić information content (AvgIpc) is 2.66. The van der Waals surface area contributed by atoms with Crippen LogP contribution in [0.25, 0.3) is 0 Å². The number of nitrogens with two attached hydrogens (primary N) is 3. The maximum atomic E-state index is 5.95. The maximum absolute atomic E-state index is 5.95. The van der Waals surface area contributed by atoms with E-state index < -0.39 is 0 Å². The summed E-state index contributed by atoms with van der Waals surface area (Å²) in [6.07, 6.45) is 3.24. The van der Waals surface area contributed by atoms with Crippen LogP contribution in [0.2, 0.25) is 0 Å². The molecule has 26 heavy (non-hydrogen) atoms. The van der Waals surface area contributed by atoms with Crippen molar-refractivity contribution in [3.63, 3.8) is 0 Å². The van der Waals surface area contributed by atoms with E-state index in [2.05, 4.69) is 43.3 Å². The van der Waals surface area contributed by atoms with Gasteiger partial charge in [-0.3, -0.25) is 0 Å². The van der Waals surface area contributed by atoms with Gasteiger partial charge in [0.2, 0.25) is 0 Å². The van der Waals surface area contributed by atoms with Crippen LogP contribution in [0.1, 0.15) is 42.9 Å². The molecule has 0 saturated carbocycles. The molecule has 134 valence electrons. The van der Waals surface area contributed by atoms with E-state index in [0.29, 0.717) is 0 Å². The molecule has 0 aliphatic rings. The smallest absolute Gasteiger partial charge is 0.0451 e. The highest BCUT2D eigenvalue weighted by Crippen LogP contribution is 2.44. The molecule has 0 aliphatic heterocycles. The van der Waals surface area contributed by atoms with E-state index in [1.807, 2.05) is 36.4 Å². The molecule has 0 fully saturated rings. The molecule has 0 saturated heterocycles. The monoisotopic (exact) mass is 345 g/mol. The fourth-order valence-electron chi connectivity index (χ4n) is 3.68. The minimum absolute atomic E-state index is 0.259. The quantitative estimate of drug-likeness (QED) is 0.436. The van der Waals surface area contributed by atoms with Crippen LogP contribution in [0, 0.1) is 0 Å². The molecule has 0 unspecified atom stereocenters. The summed E-state index contributed by atoms with van der Waals surface area (Å²) in [5, 5.41) is 0. The molecular weight excluding hydrogens is 318 g/mol. The van der Waals surface area contributed by atoms with Crippen molar-refractivity contribution in [1.29, 1.82) is 0 Å². The van der Waals surface area contributed by atoms with Gasteiger partial charge in [0.25, 0.3) is 0 Å². The second-order valence-corrected chi connectivity index (χ2v) is 6.87. The lowest BCUT2D eigenvalue weighted by molar-refractivity contribution is 0.528. The van der Waals surface area contributed by atoms with Crippen LogP contribution in [-0.4, -0.2) is 0 Å². The first-order valence-corrected chi connectivity index (χ1v) is 9.14. The highest BCUT2D eigenvalue weighted by Gasteiger charge is 2.35. The van der Waals surface area contributed by atoms with Crippen molar-refractivity contribution in [1.82, 2.24) is 0 Å². The summed E-state index contributed by atoms with van der Waals surface area (Å²) >= 11 is 0. The Balaban J connectivity index is 2.27. The summed E-state index contributed by atoms with van der Waals surface area (Å²) in [6.45, 7) is 2.22. The Labute approximate surface area is 155 Å². The number of rotatable bonds is 6. The lowest BCUT2D eigenvalue weighted by Gasteiger charge is -2.36. The number of nitrogen functional groups attached to an aromatic ring is 3. The number of benzene rings is 3. The van der Waals surface area contributed by atoms with Gasteiger partial charge in [0.15, 0.2) is 0 Å². The summed E-state index contributed by atoms with van der Waals surface area (Å²) in [4.78, 5) is 0. The Morgan fingerprint density at radius 3 is 1.15 bits per heavy atom. The summed E-state index contributed by atoms with van der Waals surface area (Å²) in [5.74, 6) is 0. The van der Waals surface area contributed by atoms with Crippen molar-refractivity contribution in [2.75, 3.05) is 17.2 Å². The Kier molecular flexibility index (Phi) is 5.17. The third kappa shape index (κ3) is 3.38. The number of anilines is 3. The van der Waals surface area contributed by atoms with E-state index >= 15 is 0 Å². The minimum atomic E-state index is -0.259. The molecule has 0 aromatic heterocycles. The van der Waals surface area contributed by atoms with Gasteiger partial charge >= 0.3 is 0 Å². The molecule has 0 atom stereocenters. The standard InChI is InChI=1S/C23H27N3/c1-2-3-16-23(17-4-10-20(24)11-5-17,18-6-12-21(25)13-7-18)19-8-14-22(26)15-9-19/h4-15H,2-3,16,24-26H2,1H3. The second kappa shape index (κ2) is 7.52. The molecule has 3 aromatic rings. The zero-order chi connectivity index (χ0) is 18.6. The minimum Gasteiger partial charge on any atom is -0.399 e. The summed E-state index contributed by atoms with van der Waals surface area (Å²) in [5.41, 5.74) is 23.6. The Bertz CT molecular complexity index is 723. The van der Waals surface area contributed by atoms with Crippen LogP contribution in [0.3, 0.4) is 0 Å². The second-order valence-electron chi connectivity index (χ2n) is 6.87. The van der Waals surface area contributed by atoms with E-state index in [1.54, 1.807) is 0 Å². The van der Waals surface area contributed by atoms with Gasteiger partial charge in [-0.1, -0.05) is 56.2 Å². The van der Waals surface area contributed by atoms with E-state index in [9.17, 15) is 0 Å². The summed E-state index contributed by atoms with van der Waals surface area (Å²) in [7, 11) is 0. The molecule has 0 spiro atoms. The number of hydrogen-bond acceptors (Lipinski definition) is 3. The fraction of sp³-hybridized carbons (Fsp3) is 0.217. The lowest BCUT2D eigenvalue weighted by atomic mass is 9.66. The average molecular weight is 345 g/mol. The predicted octanol–water partition coefficient (Wildman–Crippen LogP) is 4.96. The van der Waals surface area contributed by atoms with Crippen molar-refractivity contribution < 1.29 is 0 Å². The van der Waals surface area contributed by atoms with Crippen molar-refractivity contribution in [3.05, 3.63) is 89.5 Å². The first-order chi connectivity index (χ1) is 12.6. The van der Waals surface area contributed by atoms with E-state index in [4.69, 9.17) is 17.2 Å². The molecule has 3 aromatic carbocycles. The number of unbranched alkanes of at least 4 members (excludes halogenated alkanes) is 1. The van der Waals surface area contributed by atoms with Crippen molar-refractivity contribution in [3.8, 4) is 0 Å². The van der Waals surface area contributed by atoms with Gasteiger partial charge in [-0.2, -0.15) is 0 Å². The molecule has 0 heterocycles.